The van der Waals surface area contributed by atoms with E-state index in [0.29, 0.717) is 23.8 Å². The van der Waals surface area contributed by atoms with Crippen molar-refractivity contribution >= 4 is 29.1 Å². The Morgan fingerprint density at radius 1 is 1.00 bits per heavy atom. The zero-order chi connectivity index (χ0) is 23.0. The number of rotatable bonds is 9. The van der Waals surface area contributed by atoms with E-state index in [9.17, 15) is 4.79 Å². The molecule has 0 spiro atoms. The first-order valence-corrected chi connectivity index (χ1v) is 11.2. The molecule has 0 unspecified atom stereocenters. The zero-order valence-corrected chi connectivity index (χ0v) is 19.1. The smallest absolute Gasteiger partial charge is 0.222 e. The summed E-state index contributed by atoms with van der Waals surface area (Å²) in [5.74, 6) is 1.84. The second-order valence-electron chi connectivity index (χ2n) is 7.09. The van der Waals surface area contributed by atoms with Crippen molar-refractivity contribution in [2.24, 2.45) is 0 Å². The number of benzene rings is 2. The van der Waals surface area contributed by atoms with E-state index in [4.69, 9.17) is 9.47 Å². The van der Waals surface area contributed by atoms with Crippen molar-refractivity contribution in [3.63, 3.8) is 0 Å². The Bertz CT molecular complexity index is 1240. The molecule has 2 aromatic carbocycles. The Kier molecular flexibility index (Phi) is 7.12. The number of carbonyl (C=O) groups is 1. The Labute approximate surface area is 196 Å². The van der Waals surface area contributed by atoms with Crippen LogP contribution in [0.3, 0.4) is 0 Å². The second kappa shape index (κ2) is 10.6. The molecular formula is C26H23N3O3S. The van der Waals surface area contributed by atoms with Crippen LogP contribution in [-0.4, -0.2) is 30.0 Å². The average Bonchev–Trinajstić information content (AvgIpc) is 3.41. The monoisotopic (exact) mass is 457 g/mol. The molecule has 33 heavy (non-hydrogen) atoms. The molecule has 7 heteroatoms. The van der Waals surface area contributed by atoms with Crippen LogP contribution >= 0.6 is 11.3 Å². The molecule has 6 nitrogen and oxygen atoms in total. The minimum Gasteiger partial charge on any atom is -0.496 e. The van der Waals surface area contributed by atoms with E-state index < -0.39 is 0 Å². The molecular weight excluding hydrogens is 434 g/mol. The van der Waals surface area contributed by atoms with Gasteiger partial charge in [-0.15, -0.1) is 11.3 Å². The van der Waals surface area contributed by atoms with E-state index in [1.807, 2.05) is 53.9 Å². The third kappa shape index (κ3) is 5.45. The first-order valence-electron chi connectivity index (χ1n) is 10.3. The predicted octanol–water partition coefficient (Wildman–Crippen LogP) is 5.73. The van der Waals surface area contributed by atoms with Gasteiger partial charge in [-0.1, -0.05) is 30.3 Å². The third-order valence-electron chi connectivity index (χ3n) is 5.01. The van der Waals surface area contributed by atoms with E-state index in [1.165, 1.54) is 0 Å². The fourth-order valence-electron chi connectivity index (χ4n) is 3.30. The number of thiophene rings is 1. The van der Waals surface area contributed by atoms with Crippen molar-refractivity contribution in [1.29, 1.82) is 0 Å². The maximum atomic E-state index is 12.8. The van der Waals surface area contributed by atoms with Crippen LogP contribution in [-0.2, 0) is 6.54 Å². The SMILES string of the molecule is COc1cc(OC)c(-c2cccs2)cc1/C=C/C(=O)c1ccc(CNc2ncccn2)cc1. The van der Waals surface area contributed by atoms with Crippen LogP contribution in [0.5, 0.6) is 11.5 Å². The number of nitrogens with zero attached hydrogens (tertiary/aromatic N) is 2. The summed E-state index contributed by atoms with van der Waals surface area (Å²) in [6, 6.07) is 17.1. The van der Waals surface area contributed by atoms with Gasteiger partial charge in [-0.2, -0.15) is 0 Å². The Balaban J connectivity index is 1.49. The molecule has 4 rings (SSSR count). The zero-order valence-electron chi connectivity index (χ0n) is 18.3. The quantitative estimate of drug-likeness (QED) is 0.256. The van der Waals surface area contributed by atoms with Crippen LogP contribution in [0.25, 0.3) is 16.5 Å². The lowest BCUT2D eigenvalue weighted by Crippen LogP contribution is -2.03. The lowest BCUT2D eigenvalue weighted by Gasteiger charge is -2.12. The maximum absolute atomic E-state index is 12.8. The van der Waals surface area contributed by atoms with Gasteiger partial charge in [-0.3, -0.25) is 4.79 Å². The van der Waals surface area contributed by atoms with Crippen molar-refractivity contribution in [3.05, 3.63) is 95.1 Å². The van der Waals surface area contributed by atoms with Gasteiger partial charge in [-0.25, -0.2) is 9.97 Å². The molecule has 4 aromatic rings. The number of hydrogen-bond acceptors (Lipinski definition) is 7. The maximum Gasteiger partial charge on any atom is 0.222 e. The highest BCUT2D eigenvalue weighted by Gasteiger charge is 2.13. The molecule has 0 aliphatic carbocycles. The number of ketones is 1. The Hall–Kier alpha value is -3.97. The summed E-state index contributed by atoms with van der Waals surface area (Å²) in [5.41, 5.74) is 3.40. The number of ether oxygens (including phenoxy) is 2. The molecule has 0 aliphatic rings. The second-order valence-corrected chi connectivity index (χ2v) is 8.04. The molecule has 166 valence electrons. The summed E-state index contributed by atoms with van der Waals surface area (Å²) in [6.07, 6.45) is 6.71. The first-order chi connectivity index (χ1) is 16.2. The molecule has 0 radical (unpaired) electrons. The molecule has 0 saturated heterocycles. The van der Waals surface area contributed by atoms with E-state index >= 15 is 0 Å². The van der Waals surface area contributed by atoms with Gasteiger partial charge in [0, 0.05) is 46.6 Å². The van der Waals surface area contributed by atoms with Gasteiger partial charge in [0.15, 0.2) is 5.78 Å². The minimum atomic E-state index is -0.0866. The van der Waals surface area contributed by atoms with Crippen LogP contribution in [0.1, 0.15) is 21.5 Å². The molecule has 0 amide bonds. The Morgan fingerprint density at radius 2 is 1.76 bits per heavy atom. The van der Waals surface area contributed by atoms with Crippen LogP contribution in [0.4, 0.5) is 5.95 Å². The topological polar surface area (TPSA) is 73.3 Å². The van der Waals surface area contributed by atoms with Crippen LogP contribution in [0, 0.1) is 0 Å². The standard InChI is InChI=1S/C26H23N3O3S/c1-31-23-16-24(32-2)21(25-5-3-14-33-25)15-20(23)10-11-22(30)19-8-6-18(7-9-19)17-29-26-27-12-4-13-28-26/h3-16H,17H2,1-2H3,(H,27,28,29)/b11-10+. The lowest BCUT2D eigenvalue weighted by molar-refractivity contribution is 0.104. The number of aromatic nitrogens is 2. The normalized spacial score (nSPS) is 10.8. The molecule has 0 bridgehead atoms. The van der Waals surface area contributed by atoms with Crippen molar-refractivity contribution < 1.29 is 14.3 Å². The summed E-state index contributed by atoms with van der Waals surface area (Å²) in [6.45, 7) is 0.572. The lowest BCUT2D eigenvalue weighted by atomic mass is 10.0. The fraction of sp³-hybridized carbons (Fsp3) is 0.115. The van der Waals surface area contributed by atoms with E-state index in [1.54, 1.807) is 56.2 Å². The molecule has 0 saturated carbocycles. The third-order valence-corrected chi connectivity index (χ3v) is 5.91. The average molecular weight is 458 g/mol. The summed E-state index contributed by atoms with van der Waals surface area (Å²) in [7, 11) is 3.24. The summed E-state index contributed by atoms with van der Waals surface area (Å²) in [5, 5.41) is 5.17. The van der Waals surface area contributed by atoms with E-state index in [2.05, 4.69) is 15.3 Å². The molecule has 0 fully saturated rings. The highest BCUT2D eigenvalue weighted by Crippen LogP contribution is 2.38. The van der Waals surface area contributed by atoms with Gasteiger partial charge in [0.2, 0.25) is 5.95 Å². The molecule has 0 atom stereocenters. The van der Waals surface area contributed by atoms with E-state index in [-0.39, 0.29) is 5.78 Å². The van der Waals surface area contributed by atoms with Gasteiger partial charge < -0.3 is 14.8 Å². The highest BCUT2D eigenvalue weighted by molar-refractivity contribution is 7.13. The first kappa shape index (κ1) is 22.2. The number of methoxy groups -OCH3 is 2. The van der Waals surface area contributed by atoms with Crippen molar-refractivity contribution in [1.82, 2.24) is 9.97 Å². The Morgan fingerprint density at radius 3 is 2.42 bits per heavy atom. The molecule has 2 aromatic heterocycles. The molecule has 1 N–H and O–H groups in total. The largest absolute Gasteiger partial charge is 0.496 e. The molecule has 0 aliphatic heterocycles. The fourth-order valence-corrected chi connectivity index (χ4v) is 4.05. The summed E-state index contributed by atoms with van der Waals surface area (Å²) < 4.78 is 11.1. The van der Waals surface area contributed by atoms with Gasteiger partial charge in [0.05, 0.1) is 14.2 Å². The van der Waals surface area contributed by atoms with Gasteiger partial charge >= 0.3 is 0 Å². The summed E-state index contributed by atoms with van der Waals surface area (Å²) >= 11 is 1.63. The number of allylic oxidation sites excluding steroid dienone is 1. The van der Waals surface area contributed by atoms with E-state index in [0.717, 1.165) is 27.3 Å². The summed E-state index contributed by atoms with van der Waals surface area (Å²) in [4.78, 5) is 22.1. The van der Waals surface area contributed by atoms with Gasteiger partial charge in [-0.05, 0) is 41.3 Å². The van der Waals surface area contributed by atoms with Crippen LogP contribution in [0.15, 0.2) is 78.4 Å². The number of anilines is 1. The van der Waals surface area contributed by atoms with Gasteiger partial charge in [0.25, 0.3) is 0 Å². The van der Waals surface area contributed by atoms with Crippen molar-refractivity contribution in [3.8, 4) is 21.9 Å². The van der Waals surface area contributed by atoms with Gasteiger partial charge in [0.1, 0.15) is 11.5 Å². The number of carbonyl (C=O) groups excluding carboxylic acids is 1. The van der Waals surface area contributed by atoms with Crippen molar-refractivity contribution in [2.75, 3.05) is 19.5 Å². The number of nitrogens with one attached hydrogen (secondary N) is 1. The van der Waals surface area contributed by atoms with Crippen LogP contribution < -0.4 is 14.8 Å². The molecule has 2 heterocycles. The van der Waals surface area contributed by atoms with Crippen LogP contribution in [0.2, 0.25) is 0 Å². The predicted molar refractivity (Wildman–Crippen MR) is 132 cm³/mol. The van der Waals surface area contributed by atoms with Crippen molar-refractivity contribution in [2.45, 2.75) is 6.54 Å². The highest BCUT2D eigenvalue weighted by atomic mass is 32.1. The number of hydrogen-bond donors (Lipinski definition) is 1. The minimum absolute atomic E-state index is 0.0866.